The number of hydrogen-bond donors (Lipinski definition) is 0. The van der Waals surface area contributed by atoms with Gasteiger partial charge in [0, 0.05) is 56.4 Å². The second kappa shape index (κ2) is 8.50. The van der Waals surface area contributed by atoms with Crippen LogP contribution in [0.4, 0.5) is 0 Å². The zero-order valence-electron chi connectivity index (χ0n) is 19.3. The van der Waals surface area contributed by atoms with Gasteiger partial charge in [0.2, 0.25) is 11.8 Å². The van der Waals surface area contributed by atoms with Gasteiger partial charge in [-0.15, -0.1) is 0 Å². The molecule has 3 heterocycles. The smallest absolute Gasteiger partial charge is 0.253 e. The van der Waals surface area contributed by atoms with E-state index in [0.29, 0.717) is 31.2 Å². The van der Waals surface area contributed by atoms with E-state index in [9.17, 15) is 9.59 Å². The second-order valence-corrected chi connectivity index (χ2v) is 10.3. The zero-order valence-corrected chi connectivity index (χ0v) is 19.3. The van der Waals surface area contributed by atoms with Crippen LogP contribution >= 0.6 is 0 Å². The highest BCUT2D eigenvalue weighted by Crippen LogP contribution is 2.27. The van der Waals surface area contributed by atoms with Crippen LogP contribution in [0.5, 0.6) is 0 Å². The van der Waals surface area contributed by atoms with Crippen LogP contribution in [-0.2, 0) is 9.53 Å². The summed E-state index contributed by atoms with van der Waals surface area (Å²) in [5, 5.41) is 0. The van der Waals surface area contributed by atoms with E-state index in [1.807, 2.05) is 43.0 Å². The van der Waals surface area contributed by atoms with Gasteiger partial charge < -0.3 is 14.5 Å². The summed E-state index contributed by atoms with van der Waals surface area (Å²) in [4.78, 5) is 36.8. The minimum absolute atomic E-state index is 0.0118. The Bertz CT molecular complexity index is 900. The number of nitrogens with zero attached hydrogens (tertiary/aromatic N) is 4. The highest BCUT2D eigenvalue weighted by atomic mass is 16.5. The molecule has 3 fully saturated rings. The van der Waals surface area contributed by atoms with Gasteiger partial charge >= 0.3 is 0 Å². The number of amides is 2. The SMILES string of the molecule is CC1(C)COC(c2ccc(C(=O)N3CC(C(=O)N4CCCN(C5CCC5)CC4)C3)cc2)=N1. The van der Waals surface area contributed by atoms with Gasteiger partial charge in [0.15, 0.2) is 0 Å². The molecule has 0 radical (unpaired) electrons. The minimum atomic E-state index is -0.203. The highest BCUT2D eigenvalue weighted by Gasteiger charge is 2.39. The maximum absolute atomic E-state index is 13.0. The van der Waals surface area contributed by atoms with Gasteiger partial charge in [-0.25, -0.2) is 4.99 Å². The van der Waals surface area contributed by atoms with Crippen molar-refractivity contribution in [2.45, 2.75) is 51.1 Å². The third kappa shape index (κ3) is 4.27. The number of hydrogen-bond acceptors (Lipinski definition) is 5. The van der Waals surface area contributed by atoms with Crippen LogP contribution in [0.15, 0.2) is 29.3 Å². The molecule has 0 bridgehead atoms. The van der Waals surface area contributed by atoms with Crippen molar-refractivity contribution in [1.82, 2.24) is 14.7 Å². The van der Waals surface area contributed by atoms with Crippen molar-refractivity contribution in [1.29, 1.82) is 0 Å². The predicted molar refractivity (Wildman–Crippen MR) is 123 cm³/mol. The topological polar surface area (TPSA) is 65.5 Å². The summed E-state index contributed by atoms with van der Waals surface area (Å²) in [5.41, 5.74) is 1.33. The lowest BCUT2D eigenvalue weighted by Gasteiger charge is -2.40. The van der Waals surface area contributed by atoms with Crippen molar-refractivity contribution in [3.8, 4) is 0 Å². The van der Waals surface area contributed by atoms with E-state index < -0.39 is 0 Å². The Morgan fingerprint density at radius 3 is 2.34 bits per heavy atom. The van der Waals surface area contributed by atoms with Gasteiger partial charge in [0.05, 0.1) is 11.5 Å². The summed E-state index contributed by atoms with van der Waals surface area (Å²) < 4.78 is 5.68. The van der Waals surface area contributed by atoms with Crippen molar-refractivity contribution >= 4 is 17.7 Å². The third-order valence-electron chi connectivity index (χ3n) is 7.30. The van der Waals surface area contributed by atoms with Crippen molar-refractivity contribution in [3.63, 3.8) is 0 Å². The van der Waals surface area contributed by atoms with E-state index in [1.165, 1.54) is 19.3 Å². The quantitative estimate of drug-likeness (QED) is 0.724. The van der Waals surface area contributed by atoms with Gasteiger partial charge in [0.1, 0.15) is 6.61 Å². The van der Waals surface area contributed by atoms with Gasteiger partial charge in [0.25, 0.3) is 5.91 Å². The molecule has 1 aromatic carbocycles. The first-order valence-corrected chi connectivity index (χ1v) is 12.0. The fourth-order valence-electron chi connectivity index (χ4n) is 5.00. The van der Waals surface area contributed by atoms with Crippen LogP contribution in [0.25, 0.3) is 0 Å². The van der Waals surface area contributed by atoms with Crippen LogP contribution in [0.1, 0.15) is 55.5 Å². The summed E-state index contributed by atoms with van der Waals surface area (Å²) in [6.07, 6.45) is 5.02. The molecule has 0 aromatic heterocycles. The molecule has 0 atom stereocenters. The van der Waals surface area contributed by atoms with E-state index in [-0.39, 0.29) is 23.3 Å². The van der Waals surface area contributed by atoms with Gasteiger partial charge in [-0.1, -0.05) is 6.42 Å². The van der Waals surface area contributed by atoms with Crippen molar-refractivity contribution in [2.75, 3.05) is 45.9 Å². The Hall–Kier alpha value is -2.41. The maximum atomic E-state index is 13.0. The number of carbonyl (C=O) groups excluding carboxylic acids is 2. The van der Waals surface area contributed by atoms with Crippen LogP contribution < -0.4 is 0 Å². The number of ether oxygens (including phenoxy) is 1. The Balaban J connectivity index is 1.12. The lowest BCUT2D eigenvalue weighted by Crippen LogP contribution is -2.56. The van der Waals surface area contributed by atoms with Gasteiger partial charge in [-0.2, -0.15) is 0 Å². The molecule has 32 heavy (non-hydrogen) atoms. The average Bonchev–Trinajstić information content (AvgIpc) is 2.91. The second-order valence-electron chi connectivity index (χ2n) is 10.3. The molecule has 0 N–H and O–H groups in total. The average molecular weight is 439 g/mol. The molecular weight excluding hydrogens is 404 g/mol. The highest BCUT2D eigenvalue weighted by molar-refractivity contribution is 5.99. The normalized spacial score (nSPS) is 24.2. The Morgan fingerprint density at radius 2 is 1.72 bits per heavy atom. The monoisotopic (exact) mass is 438 g/mol. The van der Waals surface area contributed by atoms with Crippen molar-refractivity contribution < 1.29 is 14.3 Å². The summed E-state index contributed by atoms with van der Waals surface area (Å²) >= 11 is 0. The standard InChI is InChI=1S/C25H34N4O3/c1-25(2)17-32-22(26-25)18-7-9-19(10-8-18)23(30)29-15-20(16-29)24(31)28-12-4-11-27(13-14-28)21-5-3-6-21/h7-10,20-21H,3-6,11-17H2,1-2H3. The van der Waals surface area contributed by atoms with E-state index >= 15 is 0 Å². The fourth-order valence-corrected chi connectivity index (χ4v) is 5.00. The molecule has 0 unspecified atom stereocenters. The number of likely N-dealkylation sites (tertiary alicyclic amines) is 1. The number of carbonyl (C=O) groups is 2. The van der Waals surface area contributed by atoms with Crippen molar-refractivity contribution in [2.24, 2.45) is 10.9 Å². The molecule has 2 saturated heterocycles. The van der Waals surface area contributed by atoms with Gasteiger partial charge in [-0.05, 0) is 57.4 Å². The first kappa shape index (κ1) is 21.4. The van der Waals surface area contributed by atoms with E-state index in [2.05, 4.69) is 9.89 Å². The van der Waals surface area contributed by atoms with E-state index in [0.717, 1.165) is 44.2 Å². The number of benzene rings is 1. The molecule has 7 heteroatoms. The molecule has 5 rings (SSSR count). The number of aliphatic imine (C=N–C) groups is 1. The van der Waals surface area contributed by atoms with Crippen LogP contribution in [0.3, 0.4) is 0 Å². The fraction of sp³-hybridized carbons (Fsp3) is 0.640. The molecule has 1 aliphatic carbocycles. The summed E-state index contributed by atoms with van der Waals surface area (Å²) in [5.74, 6) is 0.787. The zero-order chi connectivity index (χ0) is 22.3. The third-order valence-corrected chi connectivity index (χ3v) is 7.30. The lowest BCUT2D eigenvalue weighted by molar-refractivity contribution is -0.139. The maximum Gasteiger partial charge on any atom is 0.253 e. The predicted octanol–water partition coefficient (Wildman–Crippen LogP) is 2.40. The molecule has 2 amide bonds. The van der Waals surface area contributed by atoms with E-state index in [4.69, 9.17) is 4.74 Å². The van der Waals surface area contributed by atoms with Crippen LogP contribution in [-0.4, -0.2) is 89.9 Å². The van der Waals surface area contributed by atoms with Gasteiger partial charge in [-0.3, -0.25) is 14.5 Å². The minimum Gasteiger partial charge on any atom is -0.475 e. The molecule has 1 aromatic rings. The summed E-state index contributed by atoms with van der Waals surface area (Å²) in [7, 11) is 0. The first-order valence-electron chi connectivity index (χ1n) is 12.0. The van der Waals surface area contributed by atoms with E-state index in [1.54, 1.807) is 4.90 Å². The summed E-state index contributed by atoms with van der Waals surface area (Å²) in [6, 6.07) is 8.18. The lowest BCUT2D eigenvalue weighted by atomic mass is 9.91. The Morgan fingerprint density at radius 1 is 0.969 bits per heavy atom. The largest absolute Gasteiger partial charge is 0.475 e. The molecular formula is C25H34N4O3. The Labute approximate surface area is 190 Å². The molecule has 0 spiro atoms. The molecule has 3 aliphatic heterocycles. The summed E-state index contributed by atoms with van der Waals surface area (Å²) in [6.45, 7) is 9.45. The van der Waals surface area contributed by atoms with Crippen LogP contribution in [0.2, 0.25) is 0 Å². The molecule has 1 saturated carbocycles. The number of rotatable bonds is 4. The first-order chi connectivity index (χ1) is 15.4. The van der Waals surface area contributed by atoms with Crippen molar-refractivity contribution in [3.05, 3.63) is 35.4 Å². The molecule has 7 nitrogen and oxygen atoms in total. The molecule has 4 aliphatic rings. The molecule has 172 valence electrons. The van der Waals surface area contributed by atoms with Crippen LogP contribution in [0, 0.1) is 5.92 Å². The Kier molecular flexibility index (Phi) is 5.70.